The molecular weight excluding hydrogens is 273 g/mol. The van der Waals surface area contributed by atoms with Crippen molar-refractivity contribution in [2.24, 2.45) is 0 Å². The molecule has 1 amide bonds. The molecule has 20 heavy (non-hydrogen) atoms. The Kier molecular flexibility index (Phi) is 4.17. The van der Waals surface area contributed by atoms with Gasteiger partial charge in [-0.3, -0.25) is 4.79 Å². The Bertz CT molecular complexity index is 497. The number of alkyl halides is 3. The van der Waals surface area contributed by atoms with Crippen molar-refractivity contribution in [2.75, 3.05) is 33.3 Å². The maximum Gasteiger partial charge on any atom is 0.416 e. The quantitative estimate of drug-likeness (QED) is 0.901. The standard InChI is InChI=1S/C13H15F3N2O2/c1-20-11-3-2-9(13(14,15)16)8-10(11)12(19)18-6-4-17-5-7-18/h2-3,8,17H,4-7H2,1H3. The first-order valence-electron chi connectivity index (χ1n) is 6.18. The summed E-state index contributed by atoms with van der Waals surface area (Å²) in [5.74, 6) is -0.281. The van der Waals surface area contributed by atoms with E-state index < -0.39 is 17.6 Å². The van der Waals surface area contributed by atoms with Crippen molar-refractivity contribution in [3.8, 4) is 5.75 Å². The number of halogens is 3. The van der Waals surface area contributed by atoms with E-state index in [4.69, 9.17) is 4.74 Å². The van der Waals surface area contributed by atoms with E-state index in [1.165, 1.54) is 18.1 Å². The molecule has 2 rings (SSSR count). The van der Waals surface area contributed by atoms with Gasteiger partial charge in [-0.25, -0.2) is 0 Å². The van der Waals surface area contributed by atoms with Crippen molar-refractivity contribution in [2.45, 2.75) is 6.18 Å². The zero-order valence-corrected chi connectivity index (χ0v) is 11.0. The molecule has 1 heterocycles. The summed E-state index contributed by atoms with van der Waals surface area (Å²) in [6.07, 6.45) is -4.48. The molecule has 110 valence electrons. The number of hydrogen-bond donors (Lipinski definition) is 1. The van der Waals surface area contributed by atoms with Crippen LogP contribution in [-0.2, 0) is 6.18 Å². The fourth-order valence-electron chi connectivity index (χ4n) is 2.09. The van der Waals surface area contributed by atoms with Crippen molar-refractivity contribution in [1.29, 1.82) is 0 Å². The first kappa shape index (κ1) is 14.6. The average molecular weight is 288 g/mol. The minimum Gasteiger partial charge on any atom is -0.496 e. The van der Waals surface area contributed by atoms with Gasteiger partial charge in [0.05, 0.1) is 18.2 Å². The first-order valence-corrected chi connectivity index (χ1v) is 6.18. The third-order valence-corrected chi connectivity index (χ3v) is 3.16. The monoisotopic (exact) mass is 288 g/mol. The molecule has 0 saturated carbocycles. The van der Waals surface area contributed by atoms with E-state index in [0.29, 0.717) is 26.2 Å². The third-order valence-electron chi connectivity index (χ3n) is 3.16. The van der Waals surface area contributed by atoms with Crippen LogP contribution in [0, 0.1) is 0 Å². The molecule has 0 unspecified atom stereocenters. The van der Waals surface area contributed by atoms with Gasteiger partial charge in [0.25, 0.3) is 5.91 Å². The minimum atomic E-state index is -4.48. The maximum absolute atomic E-state index is 12.7. The Morgan fingerprint density at radius 1 is 1.30 bits per heavy atom. The van der Waals surface area contributed by atoms with E-state index in [9.17, 15) is 18.0 Å². The Morgan fingerprint density at radius 2 is 1.95 bits per heavy atom. The molecular formula is C13H15F3N2O2. The van der Waals surface area contributed by atoms with Crippen LogP contribution in [-0.4, -0.2) is 44.1 Å². The molecule has 0 spiro atoms. The zero-order chi connectivity index (χ0) is 14.8. The van der Waals surface area contributed by atoms with Gasteiger partial charge in [0.2, 0.25) is 0 Å². The van der Waals surface area contributed by atoms with Crippen LogP contribution in [0.3, 0.4) is 0 Å². The van der Waals surface area contributed by atoms with Crippen LogP contribution >= 0.6 is 0 Å². The number of ether oxygens (including phenoxy) is 1. The number of methoxy groups -OCH3 is 1. The smallest absolute Gasteiger partial charge is 0.416 e. The van der Waals surface area contributed by atoms with Gasteiger partial charge in [-0.15, -0.1) is 0 Å². The second kappa shape index (κ2) is 5.70. The molecule has 0 atom stereocenters. The van der Waals surface area contributed by atoms with Crippen LogP contribution in [0.15, 0.2) is 18.2 Å². The van der Waals surface area contributed by atoms with E-state index >= 15 is 0 Å². The lowest BCUT2D eigenvalue weighted by Gasteiger charge is -2.28. The van der Waals surface area contributed by atoms with Gasteiger partial charge in [-0.2, -0.15) is 13.2 Å². The Hall–Kier alpha value is -1.76. The third kappa shape index (κ3) is 3.04. The van der Waals surface area contributed by atoms with E-state index in [-0.39, 0.29) is 11.3 Å². The molecule has 1 aromatic carbocycles. The number of carbonyl (C=O) groups is 1. The van der Waals surface area contributed by atoms with Crippen LogP contribution in [0.25, 0.3) is 0 Å². The molecule has 4 nitrogen and oxygen atoms in total. The summed E-state index contributed by atoms with van der Waals surface area (Å²) in [7, 11) is 1.33. The summed E-state index contributed by atoms with van der Waals surface area (Å²) in [5, 5.41) is 3.08. The van der Waals surface area contributed by atoms with Crippen molar-refractivity contribution in [3.05, 3.63) is 29.3 Å². The molecule has 1 saturated heterocycles. The van der Waals surface area contributed by atoms with Crippen molar-refractivity contribution in [1.82, 2.24) is 10.2 Å². The predicted octanol–water partition coefficient (Wildman–Crippen LogP) is 1.76. The topological polar surface area (TPSA) is 41.6 Å². The Labute approximate surface area is 114 Å². The molecule has 0 aromatic heterocycles. The van der Waals surface area contributed by atoms with Crippen molar-refractivity contribution < 1.29 is 22.7 Å². The van der Waals surface area contributed by atoms with Crippen LogP contribution in [0.2, 0.25) is 0 Å². The fraction of sp³-hybridized carbons (Fsp3) is 0.462. The van der Waals surface area contributed by atoms with E-state index in [1.54, 1.807) is 0 Å². The fourth-order valence-corrected chi connectivity index (χ4v) is 2.09. The first-order chi connectivity index (χ1) is 9.43. The molecule has 1 aromatic rings. The summed E-state index contributed by atoms with van der Waals surface area (Å²) in [6, 6.07) is 2.94. The lowest BCUT2D eigenvalue weighted by atomic mass is 10.1. The molecule has 0 bridgehead atoms. The van der Waals surface area contributed by atoms with Gasteiger partial charge in [0.1, 0.15) is 5.75 Å². The maximum atomic E-state index is 12.7. The Morgan fingerprint density at radius 3 is 2.50 bits per heavy atom. The van der Waals surface area contributed by atoms with Gasteiger partial charge >= 0.3 is 6.18 Å². The van der Waals surface area contributed by atoms with Crippen molar-refractivity contribution >= 4 is 5.91 Å². The number of hydrogen-bond acceptors (Lipinski definition) is 3. The summed E-state index contributed by atoms with van der Waals surface area (Å²) < 4.78 is 43.2. The largest absolute Gasteiger partial charge is 0.496 e. The average Bonchev–Trinajstić information content (AvgIpc) is 2.45. The molecule has 1 aliphatic rings. The zero-order valence-electron chi connectivity index (χ0n) is 11.0. The SMILES string of the molecule is COc1ccc(C(F)(F)F)cc1C(=O)N1CCNCC1. The molecule has 0 radical (unpaired) electrons. The van der Waals surface area contributed by atoms with Gasteiger partial charge in [0.15, 0.2) is 0 Å². The summed E-state index contributed by atoms with van der Waals surface area (Å²) in [5.41, 5.74) is -0.902. The summed E-state index contributed by atoms with van der Waals surface area (Å²) in [4.78, 5) is 13.8. The van der Waals surface area contributed by atoms with Gasteiger partial charge in [-0.1, -0.05) is 0 Å². The minimum absolute atomic E-state index is 0.0516. The number of carbonyl (C=O) groups excluding carboxylic acids is 1. The highest BCUT2D eigenvalue weighted by Crippen LogP contribution is 2.33. The summed E-state index contributed by atoms with van der Waals surface area (Å²) >= 11 is 0. The normalized spacial score (nSPS) is 16.1. The number of nitrogens with zero attached hydrogens (tertiary/aromatic N) is 1. The van der Waals surface area contributed by atoms with Crippen LogP contribution < -0.4 is 10.1 Å². The highest BCUT2D eigenvalue weighted by Gasteiger charge is 2.32. The highest BCUT2D eigenvalue weighted by molar-refractivity contribution is 5.97. The van der Waals surface area contributed by atoms with E-state index in [0.717, 1.165) is 12.1 Å². The lowest BCUT2D eigenvalue weighted by molar-refractivity contribution is -0.137. The number of benzene rings is 1. The number of piperazine rings is 1. The highest BCUT2D eigenvalue weighted by atomic mass is 19.4. The number of rotatable bonds is 2. The van der Waals surface area contributed by atoms with Crippen molar-refractivity contribution in [3.63, 3.8) is 0 Å². The molecule has 1 fully saturated rings. The molecule has 1 aliphatic heterocycles. The number of amides is 1. The Balaban J connectivity index is 2.34. The van der Waals surface area contributed by atoms with Gasteiger partial charge < -0.3 is 15.0 Å². The van der Waals surface area contributed by atoms with Crippen LogP contribution in [0.5, 0.6) is 5.75 Å². The second-order valence-electron chi connectivity index (χ2n) is 4.46. The van der Waals surface area contributed by atoms with Crippen LogP contribution in [0.1, 0.15) is 15.9 Å². The lowest BCUT2D eigenvalue weighted by Crippen LogP contribution is -2.46. The number of nitrogens with one attached hydrogen (secondary N) is 1. The summed E-state index contributed by atoms with van der Waals surface area (Å²) in [6.45, 7) is 2.20. The van der Waals surface area contributed by atoms with E-state index in [2.05, 4.69) is 5.32 Å². The second-order valence-corrected chi connectivity index (χ2v) is 4.46. The molecule has 0 aliphatic carbocycles. The van der Waals surface area contributed by atoms with Gasteiger partial charge in [0, 0.05) is 26.2 Å². The van der Waals surface area contributed by atoms with E-state index in [1.807, 2.05) is 0 Å². The predicted molar refractivity (Wildman–Crippen MR) is 66.8 cm³/mol. The molecule has 7 heteroatoms. The molecule has 1 N–H and O–H groups in total. The van der Waals surface area contributed by atoms with Gasteiger partial charge in [-0.05, 0) is 18.2 Å². The van der Waals surface area contributed by atoms with Crippen LogP contribution in [0.4, 0.5) is 13.2 Å².